The predicted octanol–water partition coefficient (Wildman–Crippen LogP) is 3.62. The van der Waals surface area contributed by atoms with Crippen LogP contribution in [0.3, 0.4) is 0 Å². The Morgan fingerprint density at radius 1 is 1.21 bits per heavy atom. The molecular weight excluding hydrogens is 354 g/mol. The van der Waals surface area contributed by atoms with Crippen molar-refractivity contribution in [2.45, 2.75) is 39.2 Å². The third-order valence-corrected chi connectivity index (χ3v) is 5.54. The average Bonchev–Trinajstić information content (AvgIpc) is 3.36. The fraction of sp³-hybridized carbons (Fsp3) is 0.476. The van der Waals surface area contributed by atoms with Gasteiger partial charge in [0.2, 0.25) is 5.89 Å². The van der Waals surface area contributed by atoms with Crippen LogP contribution in [-0.4, -0.2) is 45.4 Å². The number of aromatic nitrogens is 4. The van der Waals surface area contributed by atoms with Gasteiger partial charge in [0.05, 0.1) is 19.0 Å². The number of rotatable bonds is 7. The Hall–Kier alpha value is -2.67. The lowest BCUT2D eigenvalue weighted by Gasteiger charge is -2.31. The van der Waals surface area contributed by atoms with Crippen LogP contribution in [0.2, 0.25) is 0 Å². The number of methoxy groups -OCH3 is 1. The number of likely N-dealkylation sites (tertiary alicyclic amines) is 1. The fourth-order valence-electron chi connectivity index (χ4n) is 3.89. The number of piperidine rings is 1. The highest BCUT2D eigenvalue weighted by Gasteiger charge is 2.21. The summed E-state index contributed by atoms with van der Waals surface area (Å²) in [6, 6.07) is 8.11. The van der Waals surface area contributed by atoms with Gasteiger partial charge in [0, 0.05) is 31.0 Å². The van der Waals surface area contributed by atoms with Crippen LogP contribution in [0.5, 0.6) is 5.75 Å². The number of aromatic amines is 1. The number of nitrogens with one attached hydrogen (secondary N) is 1. The molecule has 1 N–H and O–H groups in total. The van der Waals surface area contributed by atoms with Crippen molar-refractivity contribution in [3.8, 4) is 17.0 Å². The zero-order chi connectivity index (χ0) is 19.3. The van der Waals surface area contributed by atoms with Crippen LogP contribution in [0, 0.1) is 12.8 Å². The molecule has 3 heterocycles. The first-order chi connectivity index (χ1) is 13.7. The number of benzene rings is 1. The minimum Gasteiger partial charge on any atom is -0.497 e. The highest BCUT2D eigenvalue weighted by molar-refractivity contribution is 5.63. The molecule has 1 fully saturated rings. The molecule has 1 aromatic carbocycles. The molecule has 4 rings (SSSR count). The molecule has 1 saturated heterocycles. The summed E-state index contributed by atoms with van der Waals surface area (Å²) in [5.74, 6) is 3.09. The summed E-state index contributed by atoms with van der Waals surface area (Å²) in [6.07, 6.45) is 6.42. The highest BCUT2D eigenvalue weighted by atomic mass is 16.5. The lowest BCUT2D eigenvalue weighted by atomic mass is 9.92. The maximum Gasteiger partial charge on any atom is 0.223 e. The number of aryl methyl sites for hydroxylation is 2. The first-order valence-corrected chi connectivity index (χ1v) is 9.89. The Labute approximate surface area is 165 Å². The monoisotopic (exact) mass is 381 g/mol. The molecule has 7 nitrogen and oxygen atoms in total. The molecule has 1 aliphatic rings. The van der Waals surface area contributed by atoms with Gasteiger partial charge in [0.25, 0.3) is 0 Å². The van der Waals surface area contributed by atoms with E-state index in [1.807, 2.05) is 25.3 Å². The van der Waals surface area contributed by atoms with Crippen LogP contribution in [0.15, 0.2) is 35.0 Å². The van der Waals surface area contributed by atoms with Crippen LogP contribution in [0.4, 0.5) is 0 Å². The SMILES string of the molecule is COc1ccc(-c2[nH]ncc2CN2CCC(CCc3noc(C)n3)CC2)cc1. The maximum atomic E-state index is 5.25. The molecule has 0 radical (unpaired) electrons. The molecular formula is C21H27N5O2. The van der Waals surface area contributed by atoms with Crippen LogP contribution < -0.4 is 4.74 Å². The summed E-state index contributed by atoms with van der Waals surface area (Å²) in [6.45, 7) is 4.99. The van der Waals surface area contributed by atoms with E-state index in [-0.39, 0.29) is 0 Å². The van der Waals surface area contributed by atoms with E-state index in [0.717, 1.165) is 61.2 Å². The first-order valence-electron chi connectivity index (χ1n) is 9.89. The van der Waals surface area contributed by atoms with E-state index in [1.165, 1.54) is 18.4 Å². The molecule has 0 atom stereocenters. The van der Waals surface area contributed by atoms with Crippen molar-refractivity contribution in [2.24, 2.45) is 5.92 Å². The van der Waals surface area contributed by atoms with Crippen molar-refractivity contribution >= 4 is 0 Å². The second-order valence-electron chi connectivity index (χ2n) is 7.49. The van der Waals surface area contributed by atoms with Crippen LogP contribution in [-0.2, 0) is 13.0 Å². The van der Waals surface area contributed by atoms with Gasteiger partial charge in [-0.3, -0.25) is 10.00 Å². The minimum atomic E-state index is 0.651. The molecule has 28 heavy (non-hydrogen) atoms. The number of hydrogen-bond acceptors (Lipinski definition) is 6. The van der Waals surface area contributed by atoms with Crippen LogP contribution in [0.25, 0.3) is 11.3 Å². The van der Waals surface area contributed by atoms with Gasteiger partial charge in [0.1, 0.15) is 5.75 Å². The Balaban J connectivity index is 1.30. The van der Waals surface area contributed by atoms with Crippen LogP contribution >= 0.6 is 0 Å². The highest BCUT2D eigenvalue weighted by Crippen LogP contribution is 2.27. The quantitative estimate of drug-likeness (QED) is 0.673. The van der Waals surface area contributed by atoms with Crippen molar-refractivity contribution in [3.05, 3.63) is 47.7 Å². The first kappa shape index (κ1) is 18.7. The van der Waals surface area contributed by atoms with E-state index >= 15 is 0 Å². The predicted molar refractivity (Wildman–Crippen MR) is 106 cm³/mol. The number of ether oxygens (including phenoxy) is 1. The summed E-state index contributed by atoms with van der Waals surface area (Å²) >= 11 is 0. The van der Waals surface area contributed by atoms with Crippen molar-refractivity contribution in [1.82, 2.24) is 25.2 Å². The Morgan fingerprint density at radius 2 is 2.00 bits per heavy atom. The van der Waals surface area contributed by atoms with Gasteiger partial charge in [-0.15, -0.1) is 0 Å². The molecule has 148 valence electrons. The van der Waals surface area contributed by atoms with E-state index in [0.29, 0.717) is 5.89 Å². The molecule has 0 unspecified atom stereocenters. The summed E-state index contributed by atoms with van der Waals surface area (Å²) in [5.41, 5.74) is 3.47. The van der Waals surface area contributed by atoms with E-state index in [1.54, 1.807) is 7.11 Å². The molecule has 3 aromatic rings. The van der Waals surface area contributed by atoms with Gasteiger partial charge in [-0.05, 0) is 62.5 Å². The molecule has 0 bridgehead atoms. The smallest absolute Gasteiger partial charge is 0.223 e. The number of H-pyrrole nitrogens is 1. The van der Waals surface area contributed by atoms with Crippen molar-refractivity contribution in [1.29, 1.82) is 0 Å². The van der Waals surface area contributed by atoms with Gasteiger partial charge in [-0.25, -0.2) is 0 Å². The summed E-state index contributed by atoms with van der Waals surface area (Å²) in [5, 5.41) is 11.4. The van der Waals surface area contributed by atoms with E-state index in [4.69, 9.17) is 9.26 Å². The molecule has 1 aliphatic heterocycles. The third-order valence-electron chi connectivity index (χ3n) is 5.54. The van der Waals surface area contributed by atoms with Crippen molar-refractivity contribution in [3.63, 3.8) is 0 Å². The Kier molecular flexibility index (Phi) is 5.71. The lowest BCUT2D eigenvalue weighted by molar-refractivity contribution is 0.172. The molecule has 2 aromatic heterocycles. The topological polar surface area (TPSA) is 80.1 Å². The van der Waals surface area contributed by atoms with Crippen molar-refractivity contribution in [2.75, 3.05) is 20.2 Å². The maximum absolute atomic E-state index is 5.25. The summed E-state index contributed by atoms with van der Waals surface area (Å²) < 4.78 is 10.3. The zero-order valence-corrected chi connectivity index (χ0v) is 16.5. The molecule has 7 heteroatoms. The third kappa shape index (κ3) is 4.42. The van der Waals surface area contributed by atoms with Gasteiger partial charge in [-0.2, -0.15) is 10.1 Å². The molecule has 0 aliphatic carbocycles. The normalized spacial score (nSPS) is 15.8. The largest absolute Gasteiger partial charge is 0.497 e. The van der Waals surface area contributed by atoms with Crippen LogP contribution in [0.1, 0.15) is 36.5 Å². The summed E-state index contributed by atoms with van der Waals surface area (Å²) in [7, 11) is 1.68. The Morgan fingerprint density at radius 3 is 2.68 bits per heavy atom. The standard InChI is InChI=1S/C21H27N5O2/c1-15-23-20(25-28-15)8-3-16-9-11-26(12-10-16)14-18-13-22-24-21(18)17-4-6-19(27-2)7-5-17/h4-7,13,16H,3,8-12,14H2,1-2H3,(H,22,24). The van der Waals surface area contributed by atoms with E-state index in [2.05, 4.69) is 37.4 Å². The van der Waals surface area contributed by atoms with Gasteiger partial charge >= 0.3 is 0 Å². The molecule has 0 saturated carbocycles. The molecule has 0 spiro atoms. The zero-order valence-electron chi connectivity index (χ0n) is 16.5. The van der Waals surface area contributed by atoms with Crippen molar-refractivity contribution < 1.29 is 9.26 Å². The number of hydrogen-bond donors (Lipinski definition) is 1. The molecule has 0 amide bonds. The average molecular weight is 381 g/mol. The van der Waals surface area contributed by atoms with Gasteiger partial charge in [0.15, 0.2) is 5.82 Å². The lowest BCUT2D eigenvalue weighted by Crippen LogP contribution is -2.33. The van der Waals surface area contributed by atoms with Gasteiger partial charge in [-0.1, -0.05) is 5.16 Å². The fourth-order valence-corrected chi connectivity index (χ4v) is 3.89. The van der Waals surface area contributed by atoms with Gasteiger partial charge < -0.3 is 9.26 Å². The second kappa shape index (κ2) is 8.56. The number of nitrogens with zero attached hydrogens (tertiary/aromatic N) is 4. The minimum absolute atomic E-state index is 0.651. The second-order valence-corrected chi connectivity index (χ2v) is 7.49. The Bertz CT molecular complexity index is 878. The van der Waals surface area contributed by atoms with E-state index in [9.17, 15) is 0 Å². The van der Waals surface area contributed by atoms with E-state index < -0.39 is 0 Å². The summed E-state index contributed by atoms with van der Waals surface area (Å²) in [4.78, 5) is 6.82.